The Kier molecular flexibility index (Phi) is 6.56. The average Bonchev–Trinajstić information content (AvgIpc) is 3.27. The highest BCUT2D eigenvalue weighted by atomic mass is 32.1. The van der Waals surface area contributed by atoms with Crippen LogP contribution in [0.3, 0.4) is 0 Å². The molecule has 30 heavy (non-hydrogen) atoms. The number of rotatable bonds is 7. The second kappa shape index (κ2) is 9.13. The van der Waals surface area contributed by atoms with Gasteiger partial charge < -0.3 is 5.32 Å². The molecule has 0 spiro atoms. The molecule has 3 aromatic rings. The third kappa shape index (κ3) is 4.88. The van der Waals surface area contributed by atoms with Gasteiger partial charge in [-0.2, -0.15) is 0 Å². The predicted molar refractivity (Wildman–Crippen MR) is 117 cm³/mol. The number of carbonyl (C=O) groups excluding carboxylic acids is 2. The molecule has 1 atom stereocenters. The van der Waals surface area contributed by atoms with Crippen molar-refractivity contribution in [1.82, 2.24) is 19.9 Å². The fourth-order valence-electron chi connectivity index (χ4n) is 2.92. The molecule has 0 aliphatic rings. The maximum absolute atomic E-state index is 13.5. The molecule has 3 rings (SSSR count). The molecule has 1 aromatic carbocycles. The molecule has 0 aliphatic heterocycles. The summed E-state index contributed by atoms with van der Waals surface area (Å²) in [5, 5.41) is 8.59. The highest BCUT2D eigenvalue weighted by Crippen LogP contribution is 2.30. The molecule has 0 saturated heterocycles. The summed E-state index contributed by atoms with van der Waals surface area (Å²) in [6.07, 6.45) is 3.99. The lowest BCUT2D eigenvalue weighted by atomic mass is 9.98. The Morgan fingerprint density at radius 3 is 2.50 bits per heavy atom. The number of anilines is 1. The summed E-state index contributed by atoms with van der Waals surface area (Å²) < 4.78 is 3.81. The van der Waals surface area contributed by atoms with E-state index in [4.69, 9.17) is 0 Å². The number of pyridine rings is 1. The van der Waals surface area contributed by atoms with Crippen molar-refractivity contribution in [3.05, 3.63) is 71.0 Å². The fraction of sp³-hybridized carbons (Fsp3) is 0.318. The number of carbonyl (C=O) groups is 2. The number of benzene rings is 1. The minimum Gasteiger partial charge on any atom is -0.349 e. The van der Waals surface area contributed by atoms with E-state index in [-0.39, 0.29) is 11.6 Å². The van der Waals surface area contributed by atoms with E-state index in [1.165, 1.54) is 4.90 Å². The van der Waals surface area contributed by atoms with Gasteiger partial charge >= 0.3 is 0 Å². The number of nitrogens with one attached hydrogen (secondary N) is 1. The number of amides is 2. The Balaban J connectivity index is 2.14. The topological polar surface area (TPSA) is 88.1 Å². The van der Waals surface area contributed by atoms with Gasteiger partial charge in [0.05, 0.1) is 0 Å². The zero-order valence-corrected chi connectivity index (χ0v) is 18.3. The van der Waals surface area contributed by atoms with Crippen LogP contribution in [-0.2, 0) is 4.79 Å². The van der Waals surface area contributed by atoms with Gasteiger partial charge in [0.15, 0.2) is 5.69 Å². The Morgan fingerprint density at radius 1 is 1.20 bits per heavy atom. The van der Waals surface area contributed by atoms with Crippen LogP contribution in [0.15, 0.2) is 54.2 Å². The van der Waals surface area contributed by atoms with Crippen molar-refractivity contribution in [2.45, 2.75) is 45.7 Å². The van der Waals surface area contributed by atoms with Gasteiger partial charge in [0.1, 0.15) is 6.04 Å². The molecule has 2 aromatic heterocycles. The first-order chi connectivity index (χ1) is 14.3. The molecule has 2 amide bonds. The highest BCUT2D eigenvalue weighted by Gasteiger charge is 2.36. The van der Waals surface area contributed by atoms with E-state index in [9.17, 15) is 9.59 Å². The molecule has 156 valence electrons. The standard InChI is InChI=1S/C22H25N5O2S/c1-5-22(3,4)24-20(28)19(16-7-6-12-23-13-16)27(17-10-8-15(2)9-11-17)21(29)18-14-30-26-25-18/h6-14,19H,5H2,1-4H3,(H,24,28)/t19-/m0/s1. The van der Waals surface area contributed by atoms with Crippen LogP contribution < -0.4 is 10.2 Å². The lowest BCUT2D eigenvalue weighted by Gasteiger charge is -2.34. The lowest BCUT2D eigenvalue weighted by Crippen LogP contribution is -2.50. The van der Waals surface area contributed by atoms with Crippen LogP contribution in [0.4, 0.5) is 5.69 Å². The van der Waals surface area contributed by atoms with Gasteiger partial charge in [0.2, 0.25) is 5.91 Å². The first-order valence-electron chi connectivity index (χ1n) is 9.71. The molecule has 0 aliphatic carbocycles. The number of hydrogen-bond donors (Lipinski definition) is 1. The first-order valence-corrected chi connectivity index (χ1v) is 10.6. The normalized spacial score (nSPS) is 12.3. The molecule has 0 unspecified atom stereocenters. The second-order valence-electron chi connectivity index (χ2n) is 7.72. The van der Waals surface area contributed by atoms with Gasteiger partial charge in [0, 0.05) is 34.6 Å². The Bertz CT molecular complexity index is 988. The summed E-state index contributed by atoms with van der Waals surface area (Å²) in [4.78, 5) is 32.6. The third-order valence-electron chi connectivity index (χ3n) is 4.96. The quantitative estimate of drug-likeness (QED) is 0.622. The molecule has 7 nitrogen and oxygen atoms in total. The summed E-state index contributed by atoms with van der Waals surface area (Å²) in [5.74, 6) is -0.683. The van der Waals surface area contributed by atoms with Crippen LogP contribution in [0.2, 0.25) is 0 Å². The molecule has 0 fully saturated rings. The van der Waals surface area contributed by atoms with Crippen molar-refractivity contribution in [3.8, 4) is 0 Å². The van der Waals surface area contributed by atoms with Gasteiger partial charge in [-0.3, -0.25) is 19.5 Å². The Labute approximate surface area is 180 Å². The van der Waals surface area contributed by atoms with Crippen molar-refractivity contribution >= 4 is 29.0 Å². The molecule has 0 saturated carbocycles. The molecule has 2 heterocycles. The van der Waals surface area contributed by atoms with Crippen LogP contribution in [0.25, 0.3) is 0 Å². The fourth-order valence-corrected chi connectivity index (χ4v) is 3.35. The van der Waals surface area contributed by atoms with Crippen molar-refractivity contribution in [3.63, 3.8) is 0 Å². The highest BCUT2D eigenvalue weighted by molar-refractivity contribution is 7.03. The molecule has 0 bridgehead atoms. The van der Waals surface area contributed by atoms with E-state index in [0.29, 0.717) is 11.3 Å². The summed E-state index contributed by atoms with van der Waals surface area (Å²) in [5.41, 5.74) is 2.02. The zero-order chi connectivity index (χ0) is 21.7. The second-order valence-corrected chi connectivity index (χ2v) is 8.33. The lowest BCUT2D eigenvalue weighted by molar-refractivity contribution is -0.124. The zero-order valence-electron chi connectivity index (χ0n) is 17.5. The van der Waals surface area contributed by atoms with Crippen LogP contribution in [0.5, 0.6) is 0 Å². The van der Waals surface area contributed by atoms with Crippen LogP contribution in [-0.4, -0.2) is 31.9 Å². The minimum absolute atomic E-state index is 0.192. The monoisotopic (exact) mass is 423 g/mol. The van der Waals surface area contributed by atoms with E-state index in [2.05, 4.69) is 19.9 Å². The number of hydrogen-bond acceptors (Lipinski definition) is 6. The number of nitrogens with zero attached hydrogens (tertiary/aromatic N) is 4. The molecular weight excluding hydrogens is 398 g/mol. The number of aryl methyl sites for hydroxylation is 1. The Morgan fingerprint density at radius 2 is 1.93 bits per heavy atom. The minimum atomic E-state index is -0.915. The van der Waals surface area contributed by atoms with Gasteiger partial charge in [-0.1, -0.05) is 35.2 Å². The smallest absolute Gasteiger partial charge is 0.280 e. The van der Waals surface area contributed by atoms with Crippen LogP contribution in [0, 0.1) is 6.92 Å². The molecule has 0 radical (unpaired) electrons. The molecule has 8 heteroatoms. The van der Waals surface area contributed by atoms with E-state index < -0.39 is 17.5 Å². The van der Waals surface area contributed by atoms with Gasteiger partial charge in [-0.15, -0.1) is 5.10 Å². The average molecular weight is 424 g/mol. The largest absolute Gasteiger partial charge is 0.349 e. The Hall–Kier alpha value is -3.13. The molecule has 1 N–H and O–H groups in total. The van der Waals surface area contributed by atoms with Crippen molar-refractivity contribution in [2.75, 3.05) is 4.90 Å². The van der Waals surface area contributed by atoms with E-state index >= 15 is 0 Å². The summed E-state index contributed by atoms with van der Waals surface area (Å²) in [7, 11) is 0. The number of aromatic nitrogens is 3. The van der Waals surface area contributed by atoms with Crippen molar-refractivity contribution < 1.29 is 9.59 Å². The predicted octanol–water partition coefficient (Wildman–Crippen LogP) is 3.93. The van der Waals surface area contributed by atoms with Crippen molar-refractivity contribution in [2.24, 2.45) is 0 Å². The maximum atomic E-state index is 13.5. The summed E-state index contributed by atoms with van der Waals surface area (Å²) in [6.45, 7) is 7.87. The van der Waals surface area contributed by atoms with Gasteiger partial charge in [-0.25, -0.2) is 0 Å². The summed E-state index contributed by atoms with van der Waals surface area (Å²) >= 11 is 1.09. The SMILES string of the molecule is CCC(C)(C)NC(=O)[C@H](c1cccnc1)N(C(=O)c1csnn1)c1ccc(C)cc1. The van der Waals surface area contributed by atoms with E-state index in [1.54, 1.807) is 29.9 Å². The van der Waals surface area contributed by atoms with Gasteiger partial charge in [0.25, 0.3) is 5.91 Å². The van der Waals surface area contributed by atoms with Crippen LogP contribution in [0.1, 0.15) is 54.8 Å². The van der Waals surface area contributed by atoms with E-state index in [1.807, 2.05) is 52.0 Å². The third-order valence-corrected chi connectivity index (χ3v) is 5.47. The van der Waals surface area contributed by atoms with E-state index in [0.717, 1.165) is 23.5 Å². The van der Waals surface area contributed by atoms with Gasteiger partial charge in [-0.05, 0) is 56.9 Å². The maximum Gasteiger partial charge on any atom is 0.280 e. The first kappa shape index (κ1) is 21.6. The summed E-state index contributed by atoms with van der Waals surface area (Å²) in [6, 6.07) is 10.1. The van der Waals surface area contributed by atoms with Crippen molar-refractivity contribution in [1.29, 1.82) is 0 Å². The molecular formula is C22H25N5O2S. The van der Waals surface area contributed by atoms with Crippen LogP contribution >= 0.6 is 11.5 Å².